The summed E-state index contributed by atoms with van der Waals surface area (Å²) in [6.45, 7) is 11.4. The molecular formula is C22H38N2O4. The molecule has 3 aliphatic rings. The monoisotopic (exact) mass is 394 g/mol. The van der Waals surface area contributed by atoms with Crippen molar-refractivity contribution >= 4 is 12.0 Å². The Morgan fingerprint density at radius 3 is 2.39 bits per heavy atom. The summed E-state index contributed by atoms with van der Waals surface area (Å²) in [5.41, 5.74) is -0.305. The molecule has 3 fully saturated rings. The predicted molar refractivity (Wildman–Crippen MR) is 108 cm³/mol. The quantitative estimate of drug-likeness (QED) is 0.774. The molecule has 0 aromatic carbocycles. The summed E-state index contributed by atoms with van der Waals surface area (Å²) in [6, 6.07) is -0.404. The third-order valence-electron chi connectivity index (χ3n) is 7.03. The topological polar surface area (TPSA) is 67.9 Å². The summed E-state index contributed by atoms with van der Waals surface area (Å²) < 4.78 is 10.9. The summed E-state index contributed by atoms with van der Waals surface area (Å²) in [4.78, 5) is 28.1. The van der Waals surface area contributed by atoms with E-state index >= 15 is 0 Å². The second-order valence-corrected chi connectivity index (χ2v) is 10.5. The van der Waals surface area contributed by atoms with Crippen LogP contribution in [0, 0.1) is 23.2 Å². The average molecular weight is 395 g/mol. The largest absolute Gasteiger partial charge is 0.444 e. The highest BCUT2D eigenvalue weighted by molar-refractivity contribution is 5.87. The molecule has 6 nitrogen and oxygen atoms in total. The number of amides is 2. The fourth-order valence-corrected chi connectivity index (χ4v) is 5.52. The molecule has 0 spiro atoms. The molecular weight excluding hydrogens is 356 g/mol. The molecule has 0 aromatic rings. The average Bonchev–Trinajstić information content (AvgIpc) is 2.95. The number of nitrogens with one attached hydrogen (secondary N) is 1. The minimum absolute atomic E-state index is 0.0443. The van der Waals surface area contributed by atoms with Gasteiger partial charge in [0.2, 0.25) is 5.91 Å². The molecule has 6 heteroatoms. The number of nitrogens with zero attached hydrogens (tertiary/aromatic N) is 1. The Morgan fingerprint density at radius 1 is 1.18 bits per heavy atom. The molecule has 1 N–H and O–H groups in total. The Bertz CT molecular complexity index is 592. The van der Waals surface area contributed by atoms with Crippen molar-refractivity contribution in [3.8, 4) is 0 Å². The van der Waals surface area contributed by atoms with Crippen molar-refractivity contribution in [3.05, 3.63) is 0 Å². The van der Waals surface area contributed by atoms with Gasteiger partial charge in [-0.25, -0.2) is 4.79 Å². The van der Waals surface area contributed by atoms with Crippen LogP contribution in [0.5, 0.6) is 0 Å². The summed E-state index contributed by atoms with van der Waals surface area (Å²) in [6.07, 6.45) is 4.90. The van der Waals surface area contributed by atoms with Gasteiger partial charge >= 0.3 is 6.09 Å². The molecule has 1 unspecified atom stereocenters. The molecule has 0 radical (unpaired) electrons. The van der Waals surface area contributed by atoms with Crippen LogP contribution in [0.15, 0.2) is 0 Å². The lowest BCUT2D eigenvalue weighted by Crippen LogP contribution is -2.56. The number of alkyl carbamates (subject to hydrolysis) is 1. The Kier molecular flexibility index (Phi) is 6.00. The van der Waals surface area contributed by atoms with Crippen LogP contribution in [0.3, 0.4) is 0 Å². The molecule has 28 heavy (non-hydrogen) atoms. The number of carbonyl (C=O) groups excluding carboxylic acids is 2. The van der Waals surface area contributed by atoms with E-state index in [1.54, 1.807) is 7.11 Å². The molecule has 2 saturated carbocycles. The van der Waals surface area contributed by atoms with Gasteiger partial charge in [-0.15, -0.1) is 0 Å². The van der Waals surface area contributed by atoms with E-state index in [0.29, 0.717) is 18.4 Å². The number of piperidine rings is 1. The van der Waals surface area contributed by atoms with Crippen LogP contribution < -0.4 is 5.32 Å². The molecule has 1 aliphatic heterocycles. The van der Waals surface area contributed by atoms with E-state index in [4.69, 9.17) is 9.47 Å². The second-order valence-electron chi connectivity index (χ2n) is 10.5. The third kappa shape index (κ3) is 4.32. The number of methoxy groups -OCH3 is 1. The van der Waals surface area contributed by atoms with Gasteiger partial charge in [0.15, 0.2) is 0 Å². The van der Waals surface area contributed by atoms with Crippen molar-refractivity contribution in [2.24, 2.45) is 23.2 Å². The van der Waals surface area contributed by atoms with Crippen LogP contribution in [-0.2, 0) is 14.3 Å². The maximum Gasteiger partial charge on any atom is 0.408 e. The Balaban J connectivity index is 1.75. The summed E-state index contributed by atoms with van der Waals surface area (Å²) in [7, 11) is 1.70. The SMILES string of the molecule is COCC1[C@@H]2[C@H](CN1C(=O)[C@@H](NC(=O)OC(C)(C)C)C1CCCCC1)C2(C)C. The first-order valence-corrected chi connectivity index (χ1v) is 10.8. The molecule has 160 valence electrons. The molecule has 1 saturated heterocycles. The molecule has 0 bridgehead atoms. The van der Waals surface area contributed by atoms with Gasteiger partial charge in [-0.3, -0.25) is 4.79 Å². The van der Waals surface area contributed by atoms with Crippen LogP contribution in [-0.4, -0.2) is 54.8 Å². The Morgan fingerprint density at radius 2 is 1.82 bits per heavy atom. The van der Waals surface area contributed by atoms with Crippen molar-refractivity contribution in [1.82, 2.24) is 10.2 Å². The highest BCUT2D eigenvalue weighted by Gasteiger charge is 2.67. The summed E-state index contributed by atoms with van der Waals surface area (Å²) >= 11 is 0. The third-order valence-corrected chi connectivity index (χ3v) is 7.03. The first-order chi connectivity index (χ1) is 13.1. The number of hydrogen-bond donors (Lipinski definition) is 1. The van der Waals surface area contributed by atoms with Crippen molar-refractivity contribution in [1.29, 1.82) is 0 Å². The van der Waals surface area contributed by atoms with Crippen molar-refractivity contribution < 1.29 is 19.1 Å². The fourth-order valence-electron chi connectivity index (χ4n) is 5.52. The zero-order valence-corrected chi connectivity index (χ0v) is 18.4. The molecule has 2 aliphatic carbocycles. The fraction of sp³-hybridized carbons (Fsp3) is 0.909. The zero-order chi connectivity index (χ0) is 20.7. The Hall–Kier alpha value is -1.30. The first-order valence-electron chi connectivity index (χ1n) is 10.8. The van der Waals surface area contributed by atoms with E-state index in [9.17, 15) is 9.59 Å². The van der Waals surface area contributed by atoms with Gasteiger partial charge in [0.25, 0.3) is 0 Å². The number of rotatable bonds is 5. The molecule has 3 rings (SSSR count). The van der Waals surface area contributed by atoms with E-state index in [0.717, 1.165) is 32.2 Å². The second kappa shape index (κ2) is 7.85. The number of hydrogen-bond acceptors (Lipinski definition) is 4. The molecule has 1 heterocycles. The van der Waals surface area contributed by atoms with Gasteiger partial charge in [0, 0.05) is 13.7 Å². The molecule has 2 amide bonds. The number of likely N-dealkylation sites (tertiary alicyclic amines) is 1. The zero-order valence-electron chi connectivity index (χ0n) is 18.4. The van der Waals surface area contributed by atoms with Gasteiger partial charge in [-0.2, -0.15) is 0 Å². The standard InChI is InChI=1S/C22H38N2O4/c1-21(2,3)28-20(26)23-18(14-10-8-7-9-11-14)19(25)24-12-15-17(22(15,4)5)16(24)13-27-6/h14-18H,7-13H2,1-6H3,(H,23,26)/t15-,16?,17-,18-/m0/s1. The smallest absolute Gasteiger partial charge is 0.408 e. The van der Waals surface area contributed by atoms with Gasteiger partial charge in [0.1, 0.15) is 11.6 Å². The normalized spacial score (nSPS) is 30.5. The van der Waals surface area contributed by atoms with E-state index in [1.807, 2.05) is 25.7 Å². The molecule has 4 atom stereocenters. The van der Waals surface area contributed by atoms with Crippen LogP contribution in [0.2, 0.25) is 0 Å². The lowest BCUT2D eigenvalue weighted by Gasteiger charge is -2.37. The van der Waals surface area contributed by atoms with Gasteiger partial charge in [-0.1, -0.05) is 33.1 Å². The van der Waals surface area contributed by atoms with Crippen molar-refractivity contribution in [2.45, 2.75) is 84.4 Å². The summed E-state index contributed by atoms with van der Waals surface area (Å²) in [5, 5.41) is 2.94. The van der Waals surface area contributed by atoms with E-state index in [-0.39, 0.29) is 23.3 Å². The lowest BCUT2D eigenvalue weighted by atomic mass is 9.83. The molecule has 0 aromatic heterocycles. The van der Waals surface area contributed by atoms with Gasteiger partial charge in [-0.05, 0) is 56.8 Å². The van der Waals surface area contributed by atoms with Crippen molar-refractivity contribution in [2.75, 3.05) is 20.3 Å². The van der Waals surface area contributed by atoms with E-state index in [2.05, 4.69) is 19.2 Å². The summed E-state index contributed by atoms with van der Waals surface area (Å²) in [5.74, 6) is 1.25. The van der Waals surface area contributed by atoms with Crippen LogP contribution >= 0.6 is 0 Å². The highest BCUT2D eigenvalue weighted by atomic mass is 16.6. The Labute approximate surface area is 169 Å². The van der Waals surface area contributed by atoms with E-state index in [1.165, 1.54) is 6.42 Å². The van der Waals surface area contributed by atoms with Crippen LogP contribution in [0.25, 0.3) is 0 Å². The van der Waals surface area contributed by atoms with Crippen LogP contribution in [0.4, 0.5) is 4.79 Å². The van der Waals surface area contributed by atoms with Gasteiger partial charge in [0.05, 0.1) is 12.6 Å². The maximum absolute atomic E-state index is 13.6. The predicted octanol–water partition coefficient (Wildman–Crippen LogP) is 3.59. The number of ether oxygens (including phenoxy) is 2. The minimum Gasteiger partial charge on any atom is -0.444 e. The first kappa shape index (κ1) is 21.4. The number of fused-ring (bicyclic) bond motifs is 1. The lowest BCUT2D eigenvalue weighted by molar-refractivity contribution is -0.138. The highest BCUT2D eigenvalue weighted by Crippen LogP contribution is 2.64. The minimum atomic E-state index is -0.581. The number of carbonyl (C=O) groups is 2. The van der Waals surface area contributed by atoms with Crippen molar-refractivity contribution in [3.63, 3.8) is 0 Å². The maximum atomic E-state index is 13.6. The van der Waals surface area contributed by atoms with Crippen LogP contribution in [0.1, 0.15) is 66.7 Å². The van der Waals surface area contributed by atoms with E-state index < -0.39 is 17.7 Å². The van der Waals surface area contributed by atoms with Gasteiger partial charge < -0.3 is 19.7 Å².